The highest BCUT2D eigenvalue weighted by molar-refractivity contribution is 5.85. The maximum absolute atomic E-state index is 3.54. The predicted octanol–water partition coefficient (Wildman–Crippen LogP) is 2.47. The van der Waals surface area contributed by atoms with Gasteiger partial charge < -0.3 is 10.6 Å². The lowest BCUT2D eigenvalue weighted by Gasteiger charge is -2.25. The molecule has 1 fully saturated rings. The third-order valence-corrected chi connectivity index (χ3v) is 3.02. The SMILES string of the molecule is CC(C)c1cccc(C2CNCCN2)c1.Cl. The Hall–Kier alpha value is -0.570. The van der Waals surface area contributed by atoms with Crippen LogP contribution in [0.2, 0.25) is 0 Å². The third-order valence-electron chi connectivity index (χ3n) is 3.02. The van der Waals surface area contributed by atoms with Crippen molar-refractivity contribution in [1.82, 2.24) is 10.6 Å². The molecule has 1 unspecified atom stereocenters. The first kappa shape index (κ1) is 13.5. The molecule has 1 aromatic rings. The number of piperazine rings is 1. The molecule has 0 aliphatic carbocycles. The van der Waals surface area contributed by atoms with Gasteiger partial charge >= 0.3 is 0 Å². The molecule has 2 nitrogen and oxygen atoms in total. The van der Waals surface area contributed by atoms with Crippen molar-refractivity contribution in [3.8, 4) is 0 Å². The van der Waals surface area contributed by atoms with Gasteiger partial charge in [0.1, 0.15) is 0 Å². The maximum atomic E-state index is 3.54. The van der Waals surface area contributed by atoms with Crippen LogP contribution in [-0.4, -0.2) is 19.6 Å². The van der Waals surface area contributed by atoms with Crippen molar-refractivity contribution in [2.24, 2.45) is 0 Å². The van der Waals surface area contributed by atoms with E-state index in [-0.39, 0.29) is 12.4 Å². The highest BCUT2D eigenvalue weighted by Crippen LogP contribution is 2.20. The first-order valence-electron chi connectivity index (χ1n) is 5.81. The summed E-state index contributed by atoms with van der Waals surface area (Å²) in [6.45, 7) is 7.68. The monoisotopic (exact) mass is 240 g/mol. The molecule has 16 heavy (non-hydrogen) atoms. The molecular formula is C13H21ClN2. The second kappa shape index (κ2) is 6.24. The van der Waals surface area contributed by atoms with Crippen LogP contribution >= 0.6 is 12.4 Å². The number of hydrogen-bond donors (Lipinski definition) is 2. The van der Waals surface area contributed by atoms with Crippen LogP contribution in [0.5, 0.6) is 0 Å². The number of nitrogens with one attached hydrogen (secondary N) is 2. The molecule has 0 amide bonds. The van der Waals surface area contributed by atoms with E-state index < -0.39 is 0 Å². The van der Waals surface area contributed by atoms with E-state index in [1.807, 2.05) is 0 Å². The first-order chi connectivity index (χ1) is 7.27. The molecule has 1 aliphatic rings. The van der Waals surface area contributed by atoms with Crippen molar-refractivity contribution < 1.29 is 0 Å². The third kappa shape index (κ3) is 3.21. The number of benzene rings is 1. The molecule has 0 aromatic heterocycles. The fourth-order valence-corrected chi connectivity index (χ4v) is 2.02. The van der Waals surface area contributed by atoms with Crippen molar-refractivity contribution in [1.29, 1.82) is 0 Å². The van der Waals surface area contributed by atoms with Gasteiger partial charge in [0.2, 0.25) is 0 Å². The molecule has 1 aromatic carbocycles. The van der Waals surface area contributed by atoms with Crippen LogP contribution < -0.4 is 10.6 Å². The molecule has 0 bridgehead atoms. The molecule has 2 rings (SSSR count). The summed E-state index contributed by atoms with van der Waals surface area (Å²) < 4.78 is 0. The Balaban J connectivity index is 0.00000128. The average Bonchev–Trinajstić information content (AvgIpc) is 2.30. The summed E-state index contributed by atoms with van der Waals surface area (Å²) in [5.74, 6) is 0.612. The molecule has 0 radical (unpaired) electrons. The minimum Gasteiger partial charge on any atom is -0.314 e. The normalized spacial score (nSPS) is 20.6. The van der Waals surface area contributed by atoms with Gasteiger partial charge in [0.25, 0.3) is 0 Å². The van der Waals surface area contributed by atoms with E-state index in [1.54, 1.807) is 0 Å². The molecule has 90 valence electrons. The fourth-order valence-electron chi connectivity index (χ4n) is 2.02. The summed E-state index contributed by atoms with van der Waals surface area (Å²) in [7, 11) is 0. The molecule has 0 spiro atoms. The van der Waals surface area contributed by atoms with Gasteiger partial charge in [0.15, 0.2) is 0 Å². The minimum absolute atomic E-state index is 0. The van der Waals surface area contributed by atoms with Crippen molar-refractivity contribution in [3.63, 3.8) is 0 Å². The summed E-state index contributed by atoms with van der Waals surface area (Å²) in [4.78, 5) is 0. The Morgan fingerprint density at radius 1 is 1.25 bits per heavy atom. The van der Waals surface area contributed by atoms with Crippen LogP contribution in [-0.2, 0) is 0 Å². The van der Waals surface area contributed by atoms with Crippen LogP contribution in [0.1, 0.15) is 36.9 Å². The van der Waals surface area contributed by atoms with Crippen LogP contribution in [0.4, 0.5) is 0 Å². The zero-order chi connectivity index (χ0) is 10.7. The Morgan fingerprint density at radius 2 is 2.06 bits per heavy atom. The Morgan fingerprint density at radius 3 is 2.69 bits per heavy atom. The van der Waals surface area contributed by atoms with Crippen LogP contribution in [0.3, 0.4) is 0 Å². The largest absolute Gasteiger partial charge is 0.314 e. The summed E-state index contributed by atoms with van der Waals surface area (Å²) >= 11 is 0. The number of rotatable bonds is 2. The zero-order valence-corrected chi connectivity index (χ0v) is 10.8. The Labute approximate surface area is 104 Å². The molecule has 1 heterocycles. The lowest BCUT2D eigenvalue weighted by Crippen LogP contribution is -2.42. The second-order valence-electron chi connectivity index (χ2n) is 4.54. The van der Waals surface area contributed by atoms with E-state index in [1.165, 1.54) is 11.1 Å². The highest BCUT2D eigenvalue weighted by Gasteiger charge is 2.14. The van der Waals surface area contributed by atoms with E-state index in [2.05, 4.69) is 48.7 Å². The second-order valence-corrected chi connectivity index (χ2v) is 4.54. The molecule has 1 aliphatic heterocycles. The minimum atomic E-state index is 0. The lowest BCUT2D eigenvalue weighted by molar-refractivity contribution is 0.430. The quantitative estimate of drug-likeness (QED) is 0.830. The molecular weight excluding hydrogens is 220 g/mol. The Bertz CT molecular complexity index is 319. The summed E-state index contributed by atoms with van der Waals surface area (Å²) in [5, 5.41) is 6.96. The van der Waals surface area contributed by atoms with Gasteiger partial charge in [0.05, 0.1) is 0 Å². The van der Waals surface area contributed by atoms with Gasteiger partial charge in [-0.15, -0.1) is 12.4 Å². The smallest absolute Gasteiger partial charge is 0.0447 e. The predicted molar refractivity (Wildman–Crippen MR) is 71.4 cm³/mol. The van der Waals surface area contributed by atoms with Gasteiger partial charge in [0, 0.05) is 25.7 Å². The van der Waals surface area contributed by atoms with Crippen LogP contribution in [0, 0.1) is 0 Å². The zero-order valence-electron chi connectivity index (χ0n) is 9.99. The molecule has 1 atom stereocenters. The molecule has 2 N–H and O–H groups in total. The van der Waals surface area contributed by atoms with Gasteiger partial charge in [-0.2, -0.15) is 0 Å². The fraction of sp³-hybridized carbons (Fsp3) is 0.538. The average molecular weight is 241 g/mol. The van der Waals surface area contributed by atoms with Crippen molar-refractivity contribution >= 4 is 12.4 Å². The van der Waals surface area contributed by atoms with E-state index in [0.717, 1.165) is 19.6 Å². The van der Waals surface area contributed by atoms with Gasteiger partial charge in [-0.05, 0) is 17.0 Å². The molecule has 1 saturated heterocycles. The molecule has 3 heteroatoms. The highest BCUT2D eigenvalue weighted by atomic mass is 35.5. The van der Waals surface area contributed by atoms with Gasteiger partial charge in [-0.3, -0.25) is 0 Å². The van der Waals surface area contributed by atoms with Crippen LogP contribution in [0.25, 0.3) is 0 Å². The summed E-state index contributed by atoms with van der Waals surface area (Å²) in [6.07, 6.45) is 0. The van der Waals surface area contributed by atoms with E-state index in [9.17, 15) is 0 Å². The van der Waals surface area contributed by atoms with Crippen LogP contribution in [0.15, 0.2) is 24.3 Å². The Kier molecular flexibility index (Phi) is 5.26. The number of hydrogen-bond acceptors (Lipinski definition) is 2. The van der Waals surface area contributed by atoms with Crippen molar-refractivity contribution in [3.05, 3.63) is 35.4 Å². The topological polar surface area (TPSA) is 24.1 Å². The van der Waals surface area contributed by atoms with Gasteiger partial charge in [-0.25, -0.2) is 0 Å². The number of halogens is 1. The lowest BCUT2D eigenvalue weighted by atomic mass is 9.97. The standard InChI is InChI=1S/C13H20N2.ClH/c1-10(2)11-4-3-5-12(8-11)13-9-14-6-7-15-13;/h3-5,8,10,13-15H,6-7,9H2,1-2H3;1H. The summed E-state index contributed by atoms with van der Waals surface area (Å²) in [6, 6.07) is 9.41. The maximum Gasteiger partial charge on any atom is 0.0447 e. The van der Waals surface area contributed by atoms with Gasteiger partial charge in [-0.1, -0.05) is 38.1 Å². The molecule has 0 saturated carbocycles. The van der Waals surface area contributed by atoms with E-state index in [4.69, 9.17) is 0 Å². The first-order valence-corrected chi connectivity index (χ1v) is 5.81. The van der Waals surface area contributed by atoms with Crippen molar-refractivity contribution in [2.75, 3.05) is 19.6 Å². The van der Waals surface area contributed by atoms with Crippen molar-refractivity contribution in [2.45, 2.75) is 25.8 Å². The van der Waals surface area contributed by atoms with E-state index in [0.29, 0.717) is 12.0 Å². The van der Waals surface area contributed by atoms with E-state index >= 15 is 0 Å². The summed E-state index contributed by atoms with van der Waals surface area (Å²) in [5.41, 5.74) is 2.84.